The second kappa shape index (κ2) is 7.10. The van der Waals surface area contributed by atoms with Crippen LogP contribution in [0.15, 0.2) is 0 Å². The lowest BCUT2D eigenvalue weighted by Gasteiger charge is -2.34. The topological polar surface area (TPSA) is 108 Å². The Hall–Kier alpha value is -2.16. The maximum absolute atomic E-state index is 13.3. The highest BCUT2D eigenvalue weighted by Gasteiger charge is 2.53. The van der Waals surface area contributed by atoms with E-state index in [2.05, 4.69) is 10.6 Å². The third kappa shape index (κ3) is 3.18. The third-order valence-corrected chi connectivity index (χ3v) is 6.24. The van der Waals surface area contributed by atoms with Gasteiger partial charge in [-0.05, 0) is 25.7 Å². The highest BCUT2D eigenvalue weighted by Crippen LogP contribution is 2.34. The summed E-state index contributed by atoms with van der Waals surface area (Å²) >= 11 is 0. The Labute approximate surface area is 157 Å². The van der Waals surface area contributed by atoms with Crippen LogP contribution in [0.5, 0.6) is 0 Å². The maximum Gasteiger partial charge on any atom is 0.248 e. The number of carbonyl (C=O) groups is 4. The average Bonchev–Trinajstić information content (AvgIpc) is 3.15. The molecule has 27 heavy (non-hydrogen) atoms. The minimum Gasteiger partial charge on any atom is -0.375 e. The number of nitrogens with one attached hydrogen (secondary N) is 2. The first-order chi connectivity index (χ1) is 13.0. The molecule has 2 N–H and O–H groups in total. The highest BCUT2D eigenvalue weighted by atomic mass is 16.5. The van der Waals surface area contributed by atoms with Gasteiger partial charge < -0.3 is 25.2 Å². The van der Waals surface area contributed by atoms with E-state index in [0.717, 1.165) is 19.3 Å². The number of methoxy groups -OCH3 is 1. The molecule has 0 radical (unpaired) electrons. The predicted molar refractivity (Wildman–Crippen MR) is 93.3 cm³/mol. The second-order valence-corrected chi connectivity index (χ2v) is 7.95. The Bertz CT molecular complexity index is 664. The third-order valence-electron chi connectivity index (χ3n) is 6.24. The van der Waals surface area contributed by atoms with Crippen molar-refractivity contribution < 1.29 is 23.9 Å². The van der Waals surface area contributed by atoms with Crippen LogP contribution in [-0.2, 0) is 23.9 Å². The van der Waals surface area contributed by atoms with Gasteiger partial charge >= 0.3 is 0 Å². The van der Waals surface area contributed by atoms with Crippen LogP contribution < -0.4 is 10.6 Å². The predicted octanol–water partition coefficient (Wildman–Crippen LogP) is -1.38. The van der Waals surface area contributed by atoms with E-state index in [4.69, 9.17) is 4.74 Å². The Kier molecular flexibility index (Phi) is 4.79. The zero-order valence-corrected chi connectivity index (χ0v) is 15.5. The van der Waals surface area contributed by atoms with Gasteiger partial charge in [-0.25, -0.2) is 0 Å². The Morgan fingerprint density at radius 2 is 2.04 bits per heavy atom. The second-order valence-electron chi connectivity index (χ2n) is 7.95. The Morgan fingerprint density at radius 3 is 2.70 bits per heavy atom. The highest BCUT2D eigenvalue weighted by molar-refractivity contribution is 5.97. The molecule has 4 aliphatic rings. The molecule has 9 nitrogen and oxygen atoms in total. The van der Waals surface area contributed by atoms with Crippen LogP contribution in [-0.4, -0.2) is 84.4 Å². The Morgan fingerprint density at radius 1 is 1.26 bits per heavy atom. The van der Waals surface area contributed by atoms with Crippen LogP contribution in [0.4, 0.5) is 0 Å². The molecule has 3 saturated heterocycles. The first-order valence-corrected chi connectivity index (χ1v) is 9.69. The van der Waals surface area contributed by atoms with Crippen LogP contribution in [0.25, 0.3) is 0 Å². The minimum atomic E-state index is -0.625. The van der Waals surface area contributed by atoms with E-state index < -0.39 is 12.1 Å². The number of rotatable bonds is 4. The molecule has 1 aliphatic carbocycles. The minimum absolute atomic E-state index is 0.0194. The zero-order valence-electron chi connectivity index (χ0n) is 15.5. The summed E-state index contributed by atoms with van der Waals surface area (Å²) in [6.45, 7) is 0.722. The summed E-state index contributed by atoms with van der Waals surface area (Å²) in [6.07, 6.45) is 3.80. The molecule has 0 bridgehead atoms. The first kappa shape index (κ1) is 18.2. The molecular weight excluding hydrogens is 352 g/mol. The number of likely N-dealkylation sites (tertiary alicyclic amines) is 1. The monoisotopic (exact) mass is 378 g/mol. The van der Waals surface area contributed by atoms with Gasteiger partial charge in [0.1, 0.15) is 18.7 Å². The summed E-state index contributed by atoms with van der Waals surface area (Å²) in [7, 11) is 1.44. The number of fused-ring (bicyclic) bond motifs is 2. The number of carbonyl (C=O) groups excluding carboxylic acids is 4. The molecule has 9 heteroatoms. The molecule has 0 aromatic rings. The molecular formula is C18H26N4O5. The van der Waals surface area contributed by atoms with E-state index in [0.29, 0.717) is 19.4 Å². The summed E-state index contributed by atoms with van der Waals surface area (Å²) in [5.41, 5.74) is 0. The van der Waals surface area contributed by atoms with Crippen molar-refractivity contribution in [2.45, 2.75) is 56.3 Å². The quantitative estimate of drug-likeness (QED) is 0.627. The summed E-state index contributed by atoms with van der Waals surface area (Å²) in [4.78, 5) is 53.7. The fourth-order valence-corrected chi connectivity index (χ4v) is 4.67. The van der Waals surface area contributed by atoms with Crippen molar-refractivity contribution in [2.24, 2.45) is 5.92 Å². The molecule has 0 spiro atoms. The summed E-state index contributed by atoms with van der Waals surface area (Å²) in [5.74, 6) is -0.590. The number of ether oxygens (including phenoxy) is 1. The number of hydrogen-bond donors (Lipinski definition) is 2. The van der Waals surface area contributed by atoms with Gasteiger partial charge in [0.15, 0.2) is 0 Å². The molecule has 0 aromatic heterocycles. The normalized spacial score (nSPS) is 33.1. The fourth-order valence-electron chi connectivity index (χ4n) is 4.67. The van der Waals surface area contributed by atoms with Crippen molar-refractivity contribution >= 4 is 23.6 Å². The maximum atomic E-state index is 13.3. The van der Waals surface area contributed by atoms with E-state index in [1.165, 1.54) is 7.11 Å². The van der Waals surface area contributed by atoms with Crippen molar-refractivity contribution in [3.05, 3.63) is 0 Å². The molecule has 1 saturated carbocycles. The summed E-state index contributed by atoms with van der Waals surface area (Å²) < 4.78 is 4.81. The molecule has 0 aromatic carbocycles. The van der Waals surface area contributed by atoms with Crippen LogP contribution in [0, 0.1) is 5.92 Å². The Balaban J connectivity index is 1.50. The van der Waals surface area contributed by atoms with Crippen LogP contribution in [0.3, 0.4) is 0 Å². The number of amides is 4. The number of hydrogen-bond acceptors (Lipinski definition) is 5. The molecule has 3 heterocycles. The molecule has 3 aliphatic heterocycles. The van der Waals surface area contributed by atoms with E-state index in [1.807, 2.05) is 0 Å². The SMILES string of the molecule is COCC(=O)N[C@H]1C[C@@H]2C(=O)N[C@H]3CCN(C(=O)C4CCC4)[C@@H]3C(=O)N2C1. The van der Waals surface area contributed by atoms with Crippen LogP contribution >= 0.6 is 0 Å². The van der Waals surface area contributed by atoms with Gasteiger partial charge in [-0.15, -0.1) is 0 Å². The van der Waals surface area contributed by atoms with E-state index in [-0.39, 0.29) is 54.8 Å². The van der Waals surface area contributed by atoms with Crippen LogP contribution in [0.1, 0.15) is 32.1 Å². The van der Waals surface area contributed by atoms with Gasteiger partial charge in [0.2, 0.25) is 23.6 Å². The van der Waals surface area contributed by atoms with Gasteiger partial charge in [-0.3, -0.25) is 19.2 Å². The van der Waals surface area contributed by atoms with Gasteiger partial charge in [0, 0.05) is 32.2 Å². The first-order valence-electron chi connectivity index (χ1n) is 9.69. The lowest BCUT2D eigenvalue weighted by molar-refractivity contribution is -0.148. The molecule has 4 amide bonds. The molecule has 4 fully saturated rings. The van der Waals surface area contributed by atoms with Crippen molar-refractivity contribution in [3.63, 3.8) is 0 Å². The molecule has 0 unspecified atom stereocenters. The van der Waals surface area contributed by atoms with Gasteiger partial charge in [0.25, 0.3) is 0 Å². The van der Waals surface area contributed by atoms with Gasteiger partial charge in [0.05, 0.1) is 6.04 Å². The summed E-state index contributed by atoms with van der Waals surface area (Å²) in [5, 5.41) is 5.78. The number of nitrogens with zero attached hydrogens (tertiary/aromatic N) is 2. The van der Waals surface area contributed by atoms with Crippen molar-refractivity contribution in [1.29, 1.82) is 0 Å². The van der Waals surface area contributed by atoms with Crippen molar-refractivity contribution in [3.8, 4) is 0 Å². The molecule has 148 valence electrons. The van der Waals surface area contributed by atoms with Crippen LogP contribution in [0.2, 0.25) is 0 Å². The molecule has 4 atom stereocenters. The summed E-state index contributed by atoms with van der Waals surface area (Å²) in [6, 6.07) is -1.83. The lowest BCUT2D eigenvalue weighted by atomic mass is 9.84. The van der Waals surface area contributed by atoms with E-state index >= 15 is 0 Å². The van der Waals surface area contributed by atoms with Gasteiger partial charge in [-0.2, -0.15) is 0 Å². The van der Waals surface area contributed by atoms with E-state index in [9.17, 15) is 19.2 Å². The smallest absolute Gasteiger partial charge is 0.248 e. The van der Waals surface area contributed by atoms with Crippen molar-refractivity contribution in [1.82, 2.24) is 20.4 Å². The zero-order chi connectivity index (χ0) is 19.1. The molecule has 4 rings (SSSR count). The lowest BCUT2D eigenvalue weighted by Crippen LogP contribution is -2.54. The largest absolute Gasteiger partial charge is 0.375 e. The fraction of sp³-hybridized carbons (Fsp3) is 0.778. The van der Waals surface area contributed by atoms with Gasteiger partial charge in [-0.1, -0.05) is 6.42 Å². The van der Waals surface area contributed by atoms with E-state index in [1.54, 1.807) is 9.80 Å². The van der Waals surface area contributed by atoms with Crippen molar-refractivity contribution in [2.75, 3.05) is 26.8 Å². The average molecular weight is 378 g/mol. The standard InChI is InChI=1S/C18H26N4O5/c1-27-9-14(23)19-11-7-13-16(24)20-12-5-6-21(17(25)10-3-2-4-10)15(12)18(26)22(13)8-11/h10-13,15H,2-9H2,1H3,(H,19,23)(H,20,24)/t11-,12-,13+,15-/m0/s1.